The molecule has 188 valence electrons. The van der Waals surface area contributed by atoms with E-state index in [0.29, 0.717) is 26.4 Å². The van der Waals surface area contributed by atoms with Crippen molar-refractivity contribution in [2.75, 3.05) is 17.2 Å². The molecular formula is C25H31Br2Cl4N3. The van der Waals surface area contributed by atoms with Crippen molar-refractivity contribution in [3.8, 4) is 0 Å². The molecule has 0 saturated carbocycles. The van der Waals surface area contributed by atoms with Gasteiger partial charge in [-0.25, -0.2) is 0 Å². The Balaban J connectivity index is 0.000000473. The predicted molar refractivity (Wildman–Crippen MR) is 163 cm³/mol. The lowest BCUT2D eigenvalue weighted by molar-refractivity contribution is 1.32. The minimum atomic E-state index is 0. The topological polar surface area (TPSA) is 78.1 Å². The highest BCUT2D eigenvalue weighted by Crippen LogP contribution is 2.32. The molecule has 0 bridgehead atoms. The van der Waals surface area contributed by atoms with E-state index in [1.54, 1.807) is 6.07 Å². The van der Waals surface area contributed by atoms with E-state index in [1.165, 1.54) is 0 Å². The summed E-state index contributed by atoms with van der Waals surface area (Å²) in [7, 11) is 0. The molecule has 6 N–H and O–H groups in total. The average molecular weight is 675 g/mol. The second-order valence-electron chi connectivity index (χ2n) is 7.51. The second-order valence-corrected chi connectivity index (χ2v) is 10.8. The lowest BCUT2D eigenvalue weighted by atomic mass is 10.1. The van der Waals surface area contributed by atoms with E-state index in [-0.39, 0.29) is 7.43 Å². The van der Waals surface area contributed by atoms with Gasteiger partial charge < -0.3 is 17.2 Å². The maximum Gasteiger partial charge on any atom is 0.0653 e. The minimum absolute atomic E-state index is 0. The van der Waals surface area contributed by atoms with Crippen LogP contribution in [0.3, 0.4) is 0 Å². The Kier molecular flexibility index (Phi) is 13.7. The lowest BCUT2D eigenvalue weighted by Gasteiger charge is -2.07. The zero-order valence-electron chi connectivity index (χ0n) is 19.2. The Hall–Kier alpha value is -0.820. The second kappa shape index (κ2) is 14.1. The monoisotopic (exact) mass is 671 g/mol. The number of hydrogen-bond acceptors (Lipinski definition) is 3. The Morgan fingerprint density at radius 3 is 1.26 bits per heavy atom. The highest BCUT2D eigenvalue weighted by atomic mass is 79.9. The molecule has 3 rings (SSSR count). The maximum atomic E-state index is 5.91. The first-order valence-corrected chi connectivity index (χ1v) is 12.8. The van der Waals surface area contributed by atoms with Crippen molar-refractivity contribution in [2.24, 2.45) is 0 Å². The standard InChI is InChI=1S/2C8H9BrClN.C8H9Cl2N.CH4/c1-4-5(2)8(11)6(9)3-7(4)10;2*1-4-5(2)8(11)7(10)3-6(4)9;/h3*3H,11H2,1-2H3;1H4. The molecular weight excluding hydrogens is 644 g/mol. The number of anilines is 3. The van der Waals surface area contributed by atoms with Gasteiger partial charge in [-0.1, -0.05) is 69.8 Å². The minimum Gasteiger partial charge on any atom is -0.398 e. The largest absolute Gasteiger partial charge is 0.398 e. The third kappa shape index (κ3) is 8.11. The van der Waals surface area contributed by atoms with Crippen LogP contribution >= 0.6 is 78.3 Å². The molecule has 0 aliphatic carbocycles. The van der Waals surface area contributed by atoms with Crippen molar-refractivity contribution in [2.45, 2.75) is 49.0 Å². The van der Waals surface area contributed by atoms with Gasteiger partial charge in [-0.15, -0.1) is 0 Å². The number of rotatable bonds is 0. The fourth-order valence-corrected chi connectivity index (χ4v) is 4.95. The van der Waals surface area contributed by atoms with Crippen molar-refractivity contribution >= 4 is 95.3 Å². The van der Waals surface area contributed by atoms with Crippen molar-refractivity contribution in [1.29, 1.82) is 0 Å². The van der Waals surface area contributed by atoms with E-state index in [2.05, 4.69) is 31.9 Å². The lowest BCUT2D eigenvalue weighted by Crippen LogP contribution is -1.94. The summed E-state index contributed by atoms with van der Waals surface area (Å²) in [6, 6.07) is 5.30. The highest BCUT2D eigenvalue weighted by Gasteiger charge is 2.07. The van der Waals surface area contributed by atoms with Crippen molar-refractivity contribution < 1.29 is 0 Å². The molecule has 0 fully saturated rings. The van der Waals surface area contributed by atoms with Crippen LogP contribution in [-0.4, -0.2) is 0 Å². The molecule has 0 aromatic heterocycles. The smallest absolute Gasteiger partial charge is 0.0653 e. The van der Waals surface area contributed by atoms with Gasteiger partial charge >= 0.3 is 0 Å². The van der Waals surface area contributed by atoms with Crippen LogP contribution in [0.1, 0.15) is 40.8 Å². The van der Waals surface area contributed by atoms with Gasteiger partial charge in [-0.3, -0.25) is 0 Å². The van der Waals surface area contributed by atoms with Gasteiger partial charge in [0.25, 0.3) is 0 Å². The molecule has 0 aliphatic rings. The zero-order chi connectivity index (χ0) is 25.8. The van der Waals surface area contributed by atoms with E-state index in [9.17, 15) is 0 Å². The van der Waals surface area contributed by atoms with Crippen LogP contribution in [0.2, 0.25) is 20.1 Å². The van der Waals surface area contributed by atoms with Crippen molar-refractivity contribution in [3.63, 3.8) is 0 Å². The summed E-state index contributed by atoms with van der Waals surface area (Å²) in [5.74, 6) is 0. The third-order valence-electron chi connectivity index (χ3n) is 5.51. The first-order valence-electron chi connectivity index (χ1n) is 9.73. The van der Waals surface area contributed by atoms with Gasteiger partial charge in [0.2, 0.25) is 0 Å². The van der Waals surface area contributed by atoms with Gasteiger partial charge in [-0.2, -0.15) is 0 Å². The summed E-state index contributed by atoms with van der Waals surface area (Å²) >= 11 is 30.1. The fourth-order valence-electron chi connectivity index (χ4n) is 2.57. The Morgan fingerprint density at radius 2 is 0.794 bits per heavy atom. The van der Waals surface area contributed by atoms with Gasteiger partial charge in [0.15, 0.2) is 0 Å². The summed E-state index contributed by atoms with van der Waals surface area (Å²) in [5.41, 5.74) is 25.4. The summed E-state index contributed by atoms with van der Waals surface area (Å²) in [4.78, 5) is 0. The van der Waals surface area contributed by atoms with E-state index in [0.717, 1.165) is 53.0 Å². The van der Waals surface area contributed by atoms with Crippen LogP contribution in [0, 0.1) is 41.5 Å². The Bertz CT molecular complexity index is 957. The van der Waals surface area contributed by atoms with Crippen LogP contribution < -0.4 is 17.2 Å². The quantitative estimate of drug-likeness (QED) is 0.208. The normalized spacial score (nSPS) is 9.88. The van der Waals surface area contributed by atoms with Crippen LogP contribution in [0.5, 0.6) is 0 Å². The van der Waals surface area contributed by atoms with E-state index in [1.807, 2.05) is 53.7 Å². The van der Waals surface area contributed by atoms with Crippen molar-refractivity contribution in [3.05, 3.63) is 80.6 Å². The predicted octanol–water partition coefficient (Wildman–Crippen LogP) is 10.4. The third-order valence-corrected chi connectivity index (χ3v) is 8.40. The van der Waals surface area contributed by atoms with Gasteiger partial charge in [-0.05, 0) is 109 Å². The molecule has 0 unspecified atom stereocenters. The Labute approximate surface area is 240 Å². The summed E-state index contributed by atoms with van der Waals surface area (Å²) in [5, 5.41) is 2.56. The first kappa shape index (κ1) is 33.2. The molecule has 3 aromatic carbocycles. The molecule has 3 nitrogen and oxygen atoms in total. The number of hydrogen-bond donors (Lipinski definition) is 3. The average Bonchev–Trinajstić information content (AvgIpc) is 2.77. The zero-order valence-corrected chi connectivity index (χ0v) is 25.4. The molecule has 0 spiro atoms. The fraction of sp³-hybridized carbons (Fsp3) is 0.280. The van der Waals surface area contributed by atoms with Crippen LogP contribution in [-0.2, 0) is 0 Å². The molecule has 0 heterocycles. The molecule has 0 atom stereocenters. The van der Waals surface area contributed by atoms with Gasteiger partial charge in [0.05, 0.1) is 21.4 Å². The van der Waals surface area contributed by atoms with Crippen molar-refractivity contribution in [1.82, 2.24) is 0 Å². The van der Waals surface area contributed by atoms with E-state index in [4.69, 9.17) is 63.6 Å². The molecule has 0 amide bonds. The SMILES string of the molecule is C.Cc1c(Br)cc(Cl)c(N)c1C.Cc1c(Cl)cc(Br)c(N)c1C.Cc1c(Cl)cc(Cl)c(N)c1C. The number of nitrogen functional groups attached to an aromatic ring is 3. The summed E-state index contributed by atoms with van der Waals surface area (Å²) in [6.07, 6.45) is 0. The molecule has 0 saturated heterocycles. The van der Waals surface area contributed by atoms with E-state index < -0.39 is 0 Å². The molecule has 3 aromatic rings. The molecule has 9 heteroatoms. The van der Waals surface area contributed by atoms with E-state index >= 15 is 0 Å². The molecule has 0 radical (unpaired) electrons. The van der Waals surface area contributed by atoms with Gasteiger partial charge in [0.1, 0.15) is 0 Å². The molecule has 0 aliphatic heterocycles. The molecule has 34 heavy (non-hydrogen) atoms. The van der Waals surface area contributed by atoms with Crippen LogP contribution in [0.25, 0.3) is 0 Å². The summed E-state index contributed by atoms with van der Waals surface area (Å²) < 4.78 is 1.87. The van der Waals surface area contributed by atoms with Crippen LogP contribution in [0.15, 0.2) is 27.1 Å². The number of nitrogens with two attached hydrogens (primary N) is 3. The maximum absolute atomic E-state index is 5.91. The first-order chi connectivity index (χ1) is 15.1. The van der Waals surface area contributed by atoms with Crippen LogP contribution in [0.4, 0.5) is 17.1 Å². The summed E-state index contributed by atoms with van der Waals surface area (Å²) in [6.45, 7) is 11.7. The number of benzene rings is 3. The Morgan fingerprint density at radius 1 is 0.471 bits per heavy atom. The number of halogens is 6. The van der Waals surface area contributed by atoms with Gasteiger partial charge in [0, 0.05) is 24.7 Å². The highest BCUT2D eigenvalue weighted by molar-refractivity contribution is 9.11.